The largest absolute Gasteiger partial charge is 0.366 e. The molecule has 4 amide bonds. The molecular formula is C20H26N4O6. The molecule has 0 saturated carbocycles. The van der Waals surface area contributed by atoms with E-state index in [1.165, 1.54) is 0 Å². The smallest absolute Gasteiger partial charge is 0.252 e. The summed E-state index contributed by atoms with van der Waals surface area (Å²) in [4.78, 5) is 51.5. The lowest BCUT2D eigenvalue weighted by Gasteiger charge is -2.29. The van der Waals surface area contributed by atoms with Gasteiger partial charge in [0.05, 0.1) is 26.1 Å². The average Bonchev–Trinajstić information content (AvgIpc) is 2.70. The summed E-state index contributed by atoms with van der Waals surface area (Å²) in [5, 5.41) is 5.42. The zero-order chi connectivity index (χ0) is 21.7. The fourth-order valence-electron chi connectivity index (χ4n) is 3.21. The van der Waals surface area contributed by atoms with E-state index < -0.39 is 12.2 Å². The van der Waals surface area contributed by atoms with Gasteiger partial charge in [0.25, 0.3) is 11.8 Å². The van der Waals surface area contributed by atoms with Crippen molar-refractivity contribution in [1.82, 2.24) is 9.80 Å². The monoisotopic (exact) mass is 418 g/mol. The van der Waals surface area contributed by atoms with Crippen molar-refractivity contribution in [3.05, 3.63) is 24.3 Å². The molecule has 1 aromatic rings. The molecule has 0 spiro atoms. The number of hydrogen-bond acceptors (Lipinski definition) is 6. The minimum absolute atomic E-state index is 0.0640. The predicted molar refractivity (Wildman–Crippen MR) is 108 cm³/mol. The number of amides is 4. The Labute approximate surface area is 174 Å². The molecule has 2 unspecified atom stereocenters. The van der Waals surface area contributed by atoms with Gasteiger partial charge in [-0.3, -0.25) is 19.2 Å². The third-order valence-electron chi connectivity index (χ3n) is 4.99. The second kappa shape index (κ2) is 9.68. The third kappa shape index (κ3) is 5.55. The minimum Gasteiger partial charge on any atom is -0.366 e. The van der Waals surface area contributed by atoms with Crippen LogP contribution in [0.2, 0.25) is 0 Å². The van der Waals surface area contributed by atoms with Crippen molar-refractivity contribution >= 4 is 35.0 Å². The van der Waals surface area contributed by atoms with Crippen LogP contribution >= 0.6 is 0 Å². The first-order valence-electron chi connectivity index (χ1n) is 9.76. The quantitative estimate of drug-likeness (QED) is 0.675. The van der Waals surface area contributed by atoms with E-state index in [4.69, 9.17) is 9.47 Å². The van der Waals surface area contributed by atoms with E-state index in [1.54, 1.807) is 48.2 Å². The Balaban J connectivity index is 1.47. The maximum Gasteiger partial charge on any atom is 0.252 e. The molecule has 0 radical (unpaired) electrons. The number of morpholine rings is 2. The number of likely N-dealkylation sites (N-methyl/N-ethyl adjacent to an activating group) is 2. The van der Waals surface area contributed by atoms with Crippen molar-refractivity contribution in [1.29, 1.82) is 0 Å². The Morgan fingerprint density at radius 1 is 0.833 bits per heavy atom. The van der Waals surface area contributed by atoms with Crippen LogP contribution in [0, 0.1) is 0 Å². The van der Waals surface area contributed by atoms with Gasteiger partial charge in [-0.2, -0.15) is 0 Å². The van der Waals surface area contributed by atoms with Gasteiger partial charge in [-0.15, -0.1) is 0 Å². The van der Waals surface area contributed by atoms with Gasteiger partial charge in [0.2, 0.25) is 11.8 Å². The molecule has 2 aliphatic rings. The maximum absolute atomic E-state index is 12.2. The molecule has 162 valence electrons. The second-order valence-corrected chi connectivity index (χ2v) is 7.32. The predicted octanol–water partition coefficient (Wildman–Crippen LogP) is 0.0582. The highest BCUT2D eigenvalue weighted by molar-refractivity contribution is 5.97. The molecule has 2 aliphatic heterocycles. The van der Waals surface area contributed by atoms with E-state index in [1.807, 2.05) is 0 Å². The number of anilines is 2. The van der Waals surface area contributed by atoms with Crippen LogP contribution in [-0.2, 0) is 28.7 Å². The Morgan fingerprint density at radius 3 is 1.57 bits per heavy atom. The summed E-state index contributed by atoms with van der Waals surface area (Å²) in [5.41, 5.74) is 1.06. The molecule has 0 aromatic heterocycles. The highest BCUT2D eigenvalue weighted by Crippen LogP contribution is 2.17. The molecule has 2 fully saturated rings. The third-order valence-corrected chi connectivity index (χ3v) is 4.99. The summed E-state index contributed by atoms with van der Waals surface area (Å²) in [6, 6.07) is 6.55. The van der Waals surface area contributed by atoms with E-state index >= 15 is 0 Å². The summed E-state index contributed by atoms with van der Waals surface area (Å²) in [6.45, 7) is 1.84. The van der Waals surface area contributed by atoms with Crippen molar-refractivity contribution in [3.63, 3.8) is 0 Å². The van der Waals surface area contributed by atoms with Gasteiger partial charge in [0.15, 0.2) is 0 Å². The summed E-state index contributed by atoms with van der Waals surface area (Å²) in [5.74, 6) is -1.09. The first-order valence-corrected chi connectivity index (χ1v) is 9.76. The normalized spacial score (nSPS) is 22.1. The van der Waals surface area contributed by atoms with Crippen molar-refractivity contribution in [2.75, 3.05) is 51.0 Å². The summed E-state index contributed by atoms with van der Waals surface area (Å²) in [7, 11) is 3.36. The number of nitrogens with zero attached hydrogens (tertiary/aromatic N) is 2. The Kier molecular flexibility index (Phi) is 7.01. The number of carbonyl (C=O) groups is 4. The molecule has 0 bridgehead atoms. The molecule has 30 heavy (non-hydrogen) atoms. The standard InChI is InChI=1S/C20H26N4O6/c1-23-7-9-29-15(19(23)27)11-17(25)21-13-3-5-14(6-4-13)22-18(26)12-16-20(28)24(2)8-10-30-16/h3-6,15-16H,7-12H2,1-2H3,(H,21,25)(H,22,26). The molecule has 2 saturated heterocycles. The fourth-order valence-corrected chi connectivity index (χ4v) is 3.21. The van der Waals surface area contributed by atoms with Crippen molar-refractivity contribution in [2.45, 2.75) is 25.0 Å². The lowest BCUT2D eigenvalue weighted by Crippen LogP contribution is -2.46. The zero-order valence-corrected chi connectivity index (χ0v) is 17.1. The van der Waals surface area contributed by atoms with Crippen LogP contribution in [-0.4, -0.2) is 86.0 Å². The van der Waals surface area contributed by atoms with Gasteiger partial charge in [-0.25, -0.2) is 0 Å². The van der Waals surface area contributed by atoms with E-state index in [-0.39, 0.29) is 36.5 Å². The average molecular weight is 418 g/mol. The van der Waals surface area contributed by atoms with Crippen LogP contribution in [0.3, 0.4) is 0 Å². The van der Waals surface area contributed by atoms with Gasteiger partial charge in [0.1, 0.15) is 12.2 Å². The summed E-state index contributed by atoms with van der Waals surface area (Å²) >= 11 is 0. The molecular weight excluding hydrogens is 392 g/mol. The summed E-state index contributed by atoms with van der Waals surface area (Å²) < 4.78 is 10.7. The van der Waals surface area contributed by atoms with Crippen LogP contribution < -0.4 is 10.6 Å². The molecule has 2 N–H and O–H groups in total. The molecule has 2 atom stereocenters. The van der Waals surface area contributed by atoms with Gasteiger partial charge in [-0.1, -0.05) is 0 Å². The molecule has 10 nitrogen and oxygen atoms in total. The van der Waals surface area contributed by atoms with Gasteiger partial charge >= 0.3 is 0 Å². The van der Waals surface area contributed by atoms with Crippen LogP contribution in [0.15, 0.2) is 24.3 Å². The first kappa shape index (κ1) is 21.7. The van der Waals surface area contributed by atoms with Crippen LogP contribution in [0.4, 0.5) is 11.4 Å². The van der Waals surface area contributed by atoms with Crippen LogP contribution in [0.5, 0.6) is 0 Å². The summed E-state index contributed by atoms with van der Waals surface area (Å²) in [6.07, 6.45) is -1.67. The topological polar surface area (TPSA) is 117 Å². The number of benzene rings is 1. The lowest BCUT2D eigenvalue weighted by atomic mass is 10.1. The number of rotatable bonds is 6. The molecule has 10 heteroatoms. The van der Waals surface area contributed by atoms with Crippen LogP contribution in [0.1, 0.15) is 12.8 Å². The van der Waals surface area contributed by atoms with Crippen molar-refractivity contribution < 1.29 is 28.7 Å². The Bertz CT molecular complexity index is 745. The number of carbonyl (C=O) groups excluding carboxylic acids is 4. The second-order valence-electron chi connectivity index (χ2n) is 7.32. The van der Waals surface area contributed by atoms with E-state index in [9.17, 15) is 19.2 Å². The number of ether oxygens (including phenoxy) is 2. The highest BCUT2D eigenvalue weighted by atomic mass is 16.5. The van der Waals surface area contributed by atoms with Crippen molar-refractivity contribution in [2.24, 2.45) is 0 Å². The van der Waals surface area contributed by atoms with E-state index in [0.29, 0.717) is 37.7 Å². The highest BCUT2D eigenvalue weighted by Gasteiger charge is 2.30. The van der Waals surface area contributed by atoms with Gasteiger partial charge < -0.3 is 29.9 Å². The van der Waals surface area contributed by atoms with Crippen LogP contribution in [0.25, 0.3) is 0 Å². The molecule has 1 aromatic carbocycles. The fraction of sp³-hybridized carbons (Fsp3) is 0.500. The SMILES string of the molecule is CN1CCOC(CC(=O)Nc2ccc(NC(=O)CC3OCCN(C)C3=O)cc2)C1=O. The molecule has 0 aliphatic carbocycles. The van der Waals surface area contributed by atoms with Gasteiger partial charge in [-0.05, 0) is 24.3 Å². The first-order chi connectivity index (χ1) is 14.3. The molecule has 3 rings (SSSR count). The van der Waals surface area contributed by atoms with Gasteiger partial charge in [0, 0.05) is 38.6 Å². The minimum atomic E-state index is -0.772. The number of hydrogen-bond donors (Lipinski definition) is 2. The number of nitrogens with one attached hydrogen (secondary N) is 2. The van der Waals surface area contributed by atoms with E-state index in [2.05, 4.69) is 10.6 Å². The Hall–Kier alpha value is -2.98. The zero-order valence-electron chi connectivity index (χ0n) is 17.1. The maximum atomic E-state index is 12.2. The van der Waals surface area contributed by atoms with Crippen molar-refractivity contribution in [3.8, 4) is 0 Å². The molecule has 2 heterocycles. The van der Waals surface area contributed by atoms with E-state index in [0.717, 1.165) is 0 Å². The Morgan fingerprint density at radius 2 is 1.20 bits per heavy atom. The lowest BCUT2D eigenvalue weighted by molar-refractivity contribution is -0.153.